The van der Waals surface area contributed by atoms with Crippen molar-refractivity contribution in [2.75, 3.05) is 5.90 Å². The minimum Gasteiger partial charge on any atom is -0.374 e. The van der Waals surface area contributed by atoms with Crippen LogP contribution in [0.25, 0.3) is 44.8 Å². The molecule has 0 unspecified atom stereocenters. The van der Waals surface area contributed by atoms with Crippen molar-refractivity contribution in [1.29, 1.82) is 0 Å². The van der Waals surface area contributed by atoms with Crippen LogP contribution in [0.5, 0.6) is 0 Å². The van der Waals surface area contributed by atoms with E-state index in [0.717, 1.165) is 67.0 Å². The van der Waals surface area contributed by atoms with E-state index in [1.807, 2.05) is 158 Å². The zero-order chi connectivity index (χ0) is 53.4. The smallest absolute Gasteiger partial charge is 0.174 e. The third-order valence-electron chi connectivity index (χ3n) is 14.9. The SMILES string of the molecule is OC1(c2cccc(-c3[c-]cccc3)n2)c2ccccc2-c2ccccc21.OC1(c2cccc(-c3[c-]cccc3)n2)c2ccccc2-c2ccccc21.[Pt].[Pt].c1ccc([PH+](C[PH+](c2ccccc2)c2ccccc2)c2ccccc2)cc1. The van der Waals surface area contributed by atoms with Crippen molar-refractivity contribution in [3.63, 3.8) is 0 Å². The molecule has 400 valence electrons. The van der Waals surface area contributed by atoms with Crippen molar-refractivity contribution >= 4 is 37.1 Å². The maximum absolute atomic E-state index is 11.9. The molecule has 81 heavy (non-hydrogen) atoms. The van der Waals surface area contributed by atoms with Gasteiger partial charge in [-0.2, -0.15) is 0 Å². The topological polar surface area (TPSA) is 66.2 Å². The van der Waals surface area contributed by atoms with Gasteiger partial charge in [-0.05, 0) is 94.3 Å². The Balaban J connectivity index is 0.000000135. The number of rotatable bonds is 10. The van der Waals surface area contributed by atoms with E-state index >= 15 is 0 Å². The van der Waals surface area contributed by atoms with Gasteiger partial charge in [0.15, 0.2) is 17.1 Å². The number of aliphatic hydroxyl groups is 2. The maximum atomic E-state index is 11.9. The molecule has 2 N–H and O–H groups in total. The zero-order valence-electron chi connectivity index (χ0n) is 44.0. The summed E-state index contributed by atoms with van der Waals surface area (Å²) in [6.45, 7) is 0. The van der Waals surface area contributed by atoms with Gasteiger partial charge in [0.05, 0.1) is 11.4 Å². The first-order chi connectivity index (χ1) is 39.0. The molecular weight excluding hydrogens is 1390 g/mol. The fourth-order valence-electron chi connectivity index (χ4n) is 11.1. The summed E-state index contributed by atoms with van der Waals surface area (Å²) in [5.41, 5.74) is 9.94. The second-order valence-electron chi connectivity index (χ2n) is 19.6. The molecule has 14 rings (SSSR count). The minimum absolute atomic E-state index is 0. The van der Waals surface area contributed by atoms with Gasteiger partial charge in [-0.1, -0.05) is 194 Å². The summed E-state index contributed by atoms with van der Waals surface area (Å²) >= 11 is 0. The Hall–Kier alpha value is -7.34. The van der Waals surface area contributed by atoms with Crippen molar-refractivity contribution in [2.45, 2.75) is 11.2 Å². The average Bonchev–Trinajstić information content (AvgIpc) is 3.20. The third kappa shape index (κ3) is 11.6. The van der Waals surface area contributed by atoms with E-state index in [1.54, 1.807) is 0 Å². The van der Waals surface area contributed by atoms with Crippen LogP contribution in [0, 0.1) is 12.1 Å². The number of nitrogens with zero attached hydrogens (tertiary/aromatic N) is 2. The van der Waals surface area contributed by atoms with Crippen LogP contribution < -0.4 is 21.2 Å². The second-order valence-corrected chi connectivity index (χ2v) is 25.2. The standard InChI is InChI=1S/C25H22P2.2C24H16NO.2Pt/c1-5-13-22(14-6-1)26(23-15-7-2-8-16-23)21-27(24-17-9-3-10-18-24)25-19-11-4-12-20-25;2*26-24(23-16-8-15-22(25-23)17-9-2-1-3-10-17)20-13-6-4-11-18(20)19-12-5-7-14-21(19)24;;/h1-20H,21H2;2*1-9,11-16,26H;;/q;2*-1;;/p+2. The molecule has 4 nitrogen and oxygen atoms in total. The molecule has 12 aromatic rings. The first-order valence-corrected chi connectivity index (χ1v) is 30.1. The van der Waals surface area contributed by atoms with E-state index in [0.29, 0.717) is 11.4 Å². The maximum Gasteiger partial charge on any atom is 0.174 e. The van der Waals surface area contributed by atoms with Crippen molar-refractivity contribution in [1.82, 2.24) is 9.97 Å². The fraction of sp³-hybridized carbons (Fsp3) is 0.0411. The van der Waals surface area contributed by atoms with Crippen LogP contribution in [0.15, 0.2) is 303 Å². The van der Waals surface area contributed by atoms with E-state index in [2.05, 4.69) is 158 Å². The Morgan fingerprint density at radius 2 is 0.568 bits per heavy atom. The molecule has 0 fully saturated rings. The molecule has 0 saturated carbocycles. The quantitative estimate of drug-likeness (QED) is 0.106. The Labute approximate surface area is 506 Å². The summed E-state index contributed by atoms with van der Waals surface area (Å²) in [5, 5.41) is 29.7. The van der Waals surface area contributed by atoms with Gasteiger partial charge < -0.3 is 10.2 Å². The second kappa shape index (κ2) is 26.1. The molecule has 10 aromatic carbocycles. The summed E-state index contributed by atoms with van der Waals surface area (Å²) in [4.78, 5) is 9.63. The zero-order valence-corrected chi connectivity index (χ0v) is 50.5. The van der Waals surface area contributed by atoms with Gasteiger partial charge in [0.25, 0.3) is 0 Å². The van der Waals surface area contributed by atoms with Gasteiger partial charge in [0.1, 0.15) is 37.1 Å². The Bertz CT molecular complexity index is 3560. The summed E-state index contributed by atoms with van der Waals surface area (Å²) in [6, 6.07) is 110. The molecule has 8 heteroatoms. The molecular formula is C73H56N2O2P2Pt2. The van der Waals surface area contributed by atoms with Crippen molar-refractivity contribution < 1.29 is 52.3 Å². The monoisotopic (exact) mass is 1440 g/mol. The summed E-state index contributed by atoms with van der Waals surface area (Å²) < 4.78 is 0. The molecule has 0 spiro atoms. The molecule has 2 aromatic heterocycles. The van der Waals surface area contributed by atoms with Gasteiger partial charge in [-0.3, -0.25) is 9.97 Å². The van der Waals surface area contributed by atoms with Gasteiger partial charge in [-0.15, -0.1) is 71.8 Å². The number of pyridine rings is 2. The van der Waals surface area contributed by atoms with Crippen molar-refractivity contribution in [3.05, 3.63) is 349 Å². The summed E-state index contributed by atoms with van der Waals surface area (Å²) in [7, 11) is -1.69. The van der Waals surface area contributed by atoms with Crippen LogP contribution >= 0.6 is 15.8 Å². The molecule has 2 heterocycles. The fourth-order valence-corrected chi connectivity index (χ4v) is 18.9. The number of benzene rings is 10. The summed E-state index contributed by atoms with van der Waals surface area (Å²) in [5.74, 6) is 1.25. The molecule has 0 bridgehead atoms. The van der Waals surface area contributed by atoms with Crippen LogP contribution in [-0.4, -0.2) is 26.1 Å². The Morgan fingerprint density at radius 3 is 0.852 bits per heavy atom. The van der Waals surface area contributed by atoms with Gasteiger partial charge in [0.2, 0.25) is 0 Å². The molecule has 2 aliphatic rings. The number of aromatic nitrogens is 2. The minimum atomic E-state index is -1.25. The van der Waals surface area contributed by atoms with Crippen molar-refractivity contribution in [3.8, 4) is 44.8 Å². The first kappa shape index (κ1) is 56.9. The number of hydrogen-bond donors (Lipinski definition) is 2. The van der Waals surface area contributed by atoms with Crippen LogP contribution in [0.2, 0.25) is 0 Å². The van der Waals surface area contributed by atoms with Crippen LogP contribution in [0.3, 0.4) is 0 Å². The van der Waals surface area contributed by atoms with Crippen LogP contribution in [0.1, 0.15) is 33.6 Å². The van der Waals surface area contributed by atoms with E-state index in [9.17, 15) is 10.2 Å². The summed E-state index contributed by atoms with van der Waals surface area (Å²) in [6.07, 6.45) is 0. The molecule has 0 amide bonds. The van der Waals surface area contributed by atoms with Crippen LogP contribution in [-0.2, 0) is 53.3 Å². The Kier molecular flexibility index (Phi) is 18.3. The molecule has 2 aliphatic carbocycles. The number of hydrogen-bond acceptors (Lipinski definition) is 4. The van der Waals surface area contributed by atoms with E-state index in [4.69, 9.17) is 9.97 Å². The van der Waals surface area contributed by atoms with Crippen molar-refractivity contribution in [2.24, 2.45) is 0 Å². The average molecular weight is 1450 g/mol. The van der Waals surface area contributed by atoms with Gasteiger partial charge in [0, 0.05) is 64.4 Å². The van der Waals surface area contributed by atoms with E-state index in [-0.39, 0.29) is 42.1 Å². The van der Waals surface area contributed by atoms with Crippen LogP contribution in [0.4, 0.5) is 0 Å². The predicted molar refractivity (Wildman–Crippen MR) is 331 cm³/mol. The van der Waals surface area contributed by atoms with E-state index in [1.165, 1.54) is 27.1 Å². The molecule has 0 radical (unpaired) electrons. The normalized spacial score (nSPS) is 12.6. The molecule has 0 saturated heterocycles. The third-order valence-corrected chi connectivity index (χ3v) is 21.8. The van der Waals surface area contributed by atoms with Gasteiger partial charge in [-0.25, -0.2) is 0 Å². The van der Waals surface area contributed by atoms with Gasteiger partial charge >= 0.3 is 0 Å². The molecule has 0 atom stereocenters. The predicted octanol–water partition coefficient (Wildman–Crippen LogP) is 14.3. The molecule has 0 aliphatic heterocycles. The largest absolute Gasteiger partial charge is 0.374 e. The number of fused-ring (bicyclic) bond motifs is 6. The van der Waals surface area contributed by atoms with E-state index < -0.39 is 27.0 Å². The Morgan fingerprint density at radius 1 is 0.296 bits per heavy atom. The first-order valence-electron chi connectivity index (χ1n) is 26.6.